The zero-order valence-corrected chi connectivity index (χ0v) is 13.5. The fourth-order valence-corrected chi connectivity index (χ4v) is 3.34. The molecule has 3 heteroatoms. The maximum Gasteiger partial charge on any atom is 0.0808 e. The zero-order chi connectivity index (χ0) is 15.0. The van der Waals surface area contributed by atoms with Gasteiger partial charge in [-0.15, -0.1) is 0 Å². The lowest BCUT2D eigenvalue weighted by atomic mass is 9.96. The fourth-order valence-electron chi connectivity index (χ4n) is 3.34. The molecular weight excluding hydrogens is 248 g/mol. The van der Waals surface area contributed by atoms with Crippen LogP contribution in [0.2, 0.25) is 0 Å². The first kappa shape index (κ1) is 15.3. The van der Waals surface area contributed by atoms with Gasteiger partial charge in [0.05, 0.1) is 11.2 Å². The predicted octanol–water partition coefficient (Wildman–Crippen LogP) is 2.89. The molecule has 3 nitrogen and oxygen atoms in total. The Balaban J connectivity index is 2.35. The summed E-state index contributed by atoms with van der Waals surface area (Å²) in [7, 11) is 0. The van der Waals surface area contributed by atoms with Gasteiger partial charge < -0.3 is 15.4 Å². The van der Waals surface area contributed by atoms with Crippen LogP contribution < -0.4 is 10.6 Å². The highest BCUT2D eigenvalue weighted by atomic mass is 16.5. The average Bonchev–Trinajstić information content (AvgIpc) is 2.25. The number of aryl methyl sites for hydroxylation is 1. The Bertz CT molecular complexity index is 464. The summed E-state index contributed by atoms with van der Waals surface area (Å²) in [6.45, 7) is 13.3. The maximum atomic E-state index is 6.17. The molecule has 20 heavy (non-hydrogen) atoms. The Labute approximate surface area is 123 Å². The Morgan fingerprint density at radius 1 is 1.15 bits per heavy atom. The van der Waals surface area contributed by atoms with Crippen molar-refractivity contribution in [2.45, 2.75) is 52.2 Å². The highest BCUT2D eigenvalue weighted by Gasteiger charge is 2.38. The minimum Gasteiger partial charge on any atom is -0.366 e. The van der Waals surface area contributed by atoms with Gasteiger partial charge in [0, 0.05) is 18.8 Å². The van der Waals surface area contributed by atoms with Crippen LogP contribution in [0.3, 0.4) is 0 Å². The normalized spacial score (nSPS) is 21.0. The second kappa shape index (κ2) is 5.38. The van der Waals surface area contributed by atoms with Gasteiger partial charge in [0.25, 0.3) is 0 Å². The molecule has 1 aromatic rings. The molecule has 2 rings (SSSR count). The van der Waals surface area contributed by atoms with Crippen LogP contribution in [0.1, 0.15) is 38.8 Å². The van der Waals surface area contributed by atoms with Crippen molar-refractivity contribution in [2.75, 3.05) is 24.5 Å². The summed E-state index contributed by atoms with van der Waals surface area (Å²) in [6.07, 6.45) is 0.926. The van der Waals surface area contributed by atoms with Gasteiger partial charge in [-0.25, -0.2) is 0 Å². The second-order valence-electron chi connectivity index (χ2n) is 7.15. The summed E-state index contributed by atoms with van der Waals surface area (Å²) < 4.78 is 6.17. The van der Waals surface area contributed by atoms with Crippen LogP contribution >= 0.6 is 0 Å². The molecule has 1 aromatic carbocycles. The third-order valence-electron chi connectivity index (χ3n) is 3.69. The highest BCUT2D eigenvalue weighted by molar-refractivity contribution is 5.56. The van der Waals surface area contributed by atoms with E-state index in [1.54, 1.807) is 0 Å². The van der Waals surface area contributed by atoms with Gasteiger partial charge in [-0.2, -0.15) is 0 Å². The molecule has 0 radical (unpaired) electrons. The van der Waals surface area contributed by atoms with E-state index >= 15 is 0 Å². The van der Waals surface area contributed by atoms with Crippen LogP contribution in [0, 0.1) is 6.92 Å². The van der Waals surface area contributed by atoms with Gasteiger partial charge in [-0.05, 0) is 59.2 Å². The number of nitrogens with two attached hydrogens (primary N) is 1. The number of nitrogens with zero attached hydrogens (tertiary/aromatic N) is 1. The van der Waals surface area contributed by atoms with E-state index < -0.39 is 0 Å². The number of benzene rings is 1. The molecule has 2 N–H and O–H groups in total. The first-order valence-corrected chi connectivity index (χ1v) is 7.47. The third kappa shape index (κ3) is 3.53. The Morgan fingerprint density at radius 3 is 2.30 bits per heavy atom. The number of rotatable bonds is 3. The molecule has 0 saturated carbocycles. The van der Waals surface area contributed by atoms with Crippen molar-refractivity contribution in [1.82, 2.24) is 0 Å². The van der Waals surface area contributed by atoms with E-state index in [0.29, 0.717) is 6.54 Å². The van der Waals surface area contributed by atoms with Crippen molar-refractivity contribution in [2.24, 2.45) is 5.73 Å². The quantitative estimate of drug-likeness (QED) is 0.922. The SMILES string of the molecule is Cc1ccc(N2CC(C)(C)OC(C)(C)C2)c(CCN)c1. The number of anilines is 1. The van der Waals surface area contributed by atoms with E-state index in [1.807, 2.05) is 0 Å². The molecule has 1 heterocycles. The Hall–Kier alpha value is -1.06. The molecule has 0 spiro atoms. The lowest BCUT2D eigenvalue weighted by Gasteiger charge is -2.48. The van der Waals surface area contributed by atoms with Crippen molar-refractivity contribution >= 4 is 5.69 Å². The van der Waals surface area contributed by atoms with Crippen LogP contribution in [0.15, 0.2) is 18.2 Å². The predicted molar refractivity (Wildman–Crippen MR) is 85.4 cm³/mol. The summed E-state index contributed by atoms with van der Waals surface area (Å²) in [6, 6.07) is 6.68. The molecule has 0 bridgehead atoms. The summed E-state index contributed by atoms with van der Waals surface area (Å²) in [4.78, 5) is 2.45. The fraction of sp³-hybridized carbons (Fsp3) is 0.647. The first-order chi connectivity index (χ1) is 9.22. The molecule has 0 aliphatic carbocycles. The van der Waals surface area contributed by atoms with Gasteiger partial charge in [0.15, 0.2) is 0 Å². The zero-order valence-electron chi connectivity index (χ0n) is 13.5. The number of hydrogen-bond donors (Lipinski definition) is 1. The van der Waals surface area contributed by atoms with E-state index in [4.69, 9.17) is 10.5 Å². The van der Waals surface area contributed by atoms with Gasteiger partial charge in [0.1, 0.15) is 0 Å². The van der Waals surface area contributed by atoms with Crippen LogP contribution in [-0.2, 0) is 11.2 Å². The molecule has 1 fully saturated rings. The molecule has 1 aliphatic heterocycles. The molecule has 0 atom stereocenters. The van der Waals surface area contributed by atoms with Crippen molar-refractivity contribution in [3.8, 4) is 0 Å². The second-order valence-corrected chi connectivity index (χ2v) is 7.15. The maximum absolute atomic E-state index is 6.17. The van der Waals surface area contributed by atoms with Gasteiger partial charge in [0.2, 0.25) is 0 Å². The number of hydrogen-bond acceptors (Lipinski definition) is 3. The van der Waals surface area contributed by atoms with Crippen LogP contribution in [-0.4, -0.2) is 30.8 Å². The number of ether oxygens (including phenoxy) is 1. The average molecular weight is 276 g/mol. The molecule has 0 aromatic heterocycles. The molecule has 112 valence electrons. The minimum atomic E-state index is -0.132. The van der Waals surface area contributed by atoms with E-state index in [1.165, 1.54) is 16.8 Å². The van der Waals surface area contributed by atoms with E-state index in [0.717, 1.165) is 19.5 Å². The van der Waals surface area contributed by atoms with Crippen LogP contribution in [0.5, 0.6) is 0 Å². The lowest BCUT2D eigenvalue weighted by molar-refractivity contribution is -0.133. The third-order valence-corrected chi connectivity index (χ3v) is 3.69. The topological polar surface area (TPSA) is 38.5 Å². The van der Waals surface area contributed by atoms with Gasteiger partial charge in [-0.1, -0.05) is 17.7 Å². The van der Waals surface area contributed by atoms with Crippen LogP contribution in [0.25, 0.3) is 0 Å². The van der Waals surface area contributed by atoms with Gasteiger partial charge >= 0.3 is 0 Å². The molecule has 1 aliphatic rings. The van der Waals surface area contributed by atoms with Crippen LogP contribution in [0.4, 0.5) is 5.69 Å². The first-order valence-electron chi connectivity index (χ1n) is 7.47. The summed E-state index contributed by atoms with van der Waals surface area (Å²) >= 11 is 0. The van der Waals surface area contributed by atoms with E-state index in [2.05, 4.69) is 57.7 Å². The summed E-state index contributed by atoms with van der Waals surface area (Å²) in [5, 5.41) is 0. The minimum absolute atomic E-state index is 0.132. The molecule has 0 unspecified atom stereocenters. The van der Waals surface area contributed by atoms with Crippen molar-refractivity contribution in [1.29, 1.82) is 0 Å². The van der Waals surface area contributed by atoms with Crippen molar-refractivity contribution < 1.29 is 4.74 Å². The number of morpholine rings is 1. The Kier molecular flexibility index (Phi) is 4.12. The van der Waals surface area contributed by atoms with Crippen molar-refractivity contribution in [3.05, 3.63) is 29.3 Å². The molecular formula is C17H28N2O. The van der Waals surface area contributed by atoms with Gasteiger partial charge in [-0.3, -0.25) is 0 Å². The molecule has 1 saturated heterocycles. The van der Waals surface area contributed by atoms with E-state index in [9.17, 15) is 0 Å². The molecule has 0 amide bonds. The lowest BCUT2D eigenvalue weighted by Crippen LogP contribution is -2.57. The summed E-state index contributed by atoms with van der Waals surface area (Å²) in [5.74, 6) is 0. The highest BCUT2D eigenvalue weighted by Crippen LogP contribution is 2.33. The summed E-state index contributed by atoms with van der Waals surface area (Å²) in [5.41, 5.74) is 9.46. The monoisotopic (exact) mass is 276 g/mol. The van der Waals surface area contributed by atoms with Crippen molar-refractivity contribution in [3.63, 3.8) is 0 Å². The largest absolute Gasteiger partial charge is 0.366 e. The standard InChI is InChI=1S/C17H28N2O/c1-13-6-7-15(14(10-13)8-9-18)19-11-16(2,3)20-17(4,5)12-19/h6-7,10H,8-9,11-12,18H2,1-5H3. The Morgan fingerprint density at radius 2 is 1.75 bits per heavy atom. The van der Waals surface area contributed by atoms with E-state index in [-0.39, 0.29) is 11.2 Å². The smallest absolute Gasteiger partial charge is 0.0808 e.